The Morgan fingerprint density at radius 1 is 0.900 bits per heavy atom. The Kier molecular flexibility index (Phi) is 2.21. The molecule has 4 rings (SSSR count). The second kappa shape index (κ2) is 3.93. The molecule has 0 aliphatic carbocycles. The fourth-order valence-electron chi connectivity index (χ4n) is 2.64. The van der Waals surface area contributed by atoms with Gasteiger partial charge in [-0.05, 0) is 24.6 Å². The lowest BCUT2D eigenvalue weighted by atomic mass is 10.1. The van der Waals surface area contributed by atoms with E-state index < -0.39 is 0 Å². The van der Waals surface area contributed by atoms with Crippen molar-refractivity contribution in [3.63, 3.8) is 0 Å². The lowest BCUT2D eigenvalue weighted by Crippen LogP contribution is -1.95. The molecule has 0 unspecified atom stereocenters. The third kappa shape index (κ3) is 1.42. The zero-order valence-corrected chi connectivity index (χ0v) is 11.4. The number of aromatic nitrogens is 4. The van der Waals surface area contributed by atoms with Crippen LogP contribution in [0.15, 0.2) is 48.7 Å². The van der Waals surface area contributed by atoms with Crippen LogP contribution in [-0.4, -0.2) is 18.9 Å². The van der Waals surface area contributed by atoms with Gasteiger partial charge >= 0.3 is 0 Å². The lowest BCUT2D eigenvalue weighted by molar-refractivity contribution is 0.941. The number of benzene rings is 1. The maximum absolute atomic E-state index is 4.79. The van der Waals surface area contributed by atoms with E-state index in [4.69, 9.17) is 4.98 Å². The molecule has 0 bridgehead atoms. The van der Waals surface area contributed by atoms with Crippen molar-refractivity contribution in [1.29, 1.82) is 0 Å². The number of pyridine rings is 1. The summed E-state index contributed by atoms with van der Waals surface area (Å²) in [5.74, 6) is 0.957. The van der Waals surface area contributed by atoms with E-state index in [1.165, 1.54) is 5.56 Å². The van der Waals surface area contributed by atoms with Crippen LogP contribution in [0.2, 0.25) is 0 Å². The normalized spacial score (nSPS) is 11.5. The van der Waals surface area contributed by atoms with Crippen molar-refractivity contribution in [3.05, 3.63) is 54.2 Å². The maximum atomic E-state index is 4.79. The molecular weight excluding hydrogens is 248 g/mol. The predicted octanol–water partition coefficient (Wildman–Crippen LogP) is 3.20. The van der Waals surface area contributed by atoms with E-state index in [9.17, 15) is 0 Å². The van der Waals surface area contributed by atoms with E-state index in [1.807, 2.05) is 48.0 Å². The van der Waals surface area contributed by atoms with E-state index in [0.717, 1.165) is 28.3 Å². The number of hydrogen-bond acceptors (Lipinski definition) is 2. The van der Waals surface area contributed by atoms with Crippen molar-refractivity contribution in [2.24, 2.45) is 7.05 Å². The van der Waals surface area contributed by atoms with Gasteiger partial charge in [0.05, 0.1) is 0 Å². The molecule has 0 aliphatic heterocycles. The molecule has 0 fully saturated rings. The molecule has 1 aromatic carbocycles. The fourth-order valence-corrected chi connectivity index (χ4v) is 2.64. The monoisotopic (exact) mass is 262 g/mol. The van der Waals surface area contributed by atoms with Crippen LogP contribution in [-0.2, 0) is 7.05 Å². The van der Waals surface area contributed by atoms with Crippen LogP contribution < -0.4 is 0 Å². The summed E-state index contributed by atoms with van der Waals surface area (Å²) in [7, 11) is 2.02. The van der Waals surface area contributed by atoms with Crippen LogP contribution in [0.5, 0.6) is 0 Å². The molecule has 98 valence electrons. The van der Waals surface area contributed by atoms with Gasteiger partial charge in [-0.15, -0.1) is 0 Å². The quantitative estimate of drug-likeness (QED) is 0.528. The fraction of sp³-hybridized carbons (Fsp3) is 0.125. The first-order valence-electron chi connectivity index (χ1n) is 6.61. The summed E-state index contributed by atoms with van der Waals surface area (Å²) in [4.78, 5) is 9.45. The number of rotatable bonds is 1. The average molecular weight is 262 g/mol. The molecule has 20 heavy (non-hydrogen) atoms. The van der Waals surface area contributed by atoms with Gasteiger partial charge in [0.15, 0.2) is 11.3 Å². The first kappa shape index (κ1) is 11.2. The van der Waals surface area contributed by atoms with E-state index in [2.05, 4.69) is 28.6 Å². The van der Waals surface area contributed by atoms with Gasteiger partial charge in [-0.25, -0.2) is 9.97 Å². The molecule has 0 radical (unpaired) electrons. The SMILES string of the molecule is Cc1ccccc1-c1nc2c(nc3ccccn32)n1C. The van der Waals surface area contributed by atoms with E-state index in [-0.39, 0.29) is 0 Å². The molecule has 3 aromatic heterocycles. The van der Waals surface area contributed by atoms with Crippen LogP contribution in [0.3, 0.4) is 0 Å². The van der Waals surface area contributed by atoms with Crippen molar-refractivity contribution in [1.82, 2.24) is 18.9 Å². The molecule has 4 heteroatoms. The highest BCUT2D eigenvalue weighted by Gasteiger charge is 2.15. The maximum Gasteiger partial charge on any atom is 0.184 e. The van der Waals surface area contributed by atoms with Crippen LogP contribution in [0.25, 0.3) is 28.3 Å². The van der Waals surface area contributed by atoms with E-state index >= 15 is 0 Å². The highest BCUT2D eigenvalue weighted by molar-refractivity contribution is 5.79. The summed E-state index contributed by atoms with van der Waals surface area (Å²) in [6.07, 6.45) is 2.00. The Bertz CT molecular complexity index is 930. The molecule has 4 nitrogen and oxygen atoms in total. The molecule has 4 aromatic rings. The first-order chi connectivity index (χ1) is 9.75. The zero-order valence-electron chi connectivity index (χ0n) is 11.4. The Morgan fingerprint density at radius 3 is 2.55 bits per heavy atom. The highest BCUT2D eigenvalue weighted by atomic mass is 15.2. The Labute approximate surface area is 116 Å². The second-order valence-corrected chi connectivity index (χ2v) is 5.00. The molecule has 0 amide bonds. The summed E-state index contributed by atoms with van der Waals surface area (Å²) in [5.41, 5.74) is 5.11. The summed E-state index contributed by atoms with van der Waals surface area (Å²) in [6, 6.07) is 14.3. The summed E-state index contributed by atoms with van der Waals surface area (Å²) >= 11 is 0. The number of fused-ring (bicyclic) bond motifs is 3. The number of aryl methyl sites for hydroxylation is 2. The van der Waals surface area contributed by atoms with Gasteiger partial charge in [0.2, 0.25) is 0 Å². The standard InChI is InChI=1S/C16H14N4/c1-11-7-3-4-8-12(11)14-18-16-15(19(14)2)17-13-9-5-6-10-20(13)16/h3-10H,1-2H3. The average Bonchev–Trinajstić information content (AvgIpc) is 2.97. The van der Waals surface area contributed by atoms with Gasteiger partial charge in [-0.1, -0.05) is 30.3 Å². The topological polar surface area (TPSA) is 35.1 Å². The van der Waals surface area contributed by atoms with Crippen LogP contribution >= 0.6 is 0 Å². The predicted molar refractivity (Wildman–Crippen MR) is 79.6 cm³/mol. The zero-order chi connectivity index (χ0) is 13.7. The lowest BCUT2D eigenvalue weighted by Gasteiger charge is -2.05. The molecule has 0 saturated carbocycles. The largest absolute Gasteiger partial charge is 0.310 e. The second-order valence-electron chi connectivity index (χ2n) is 5.00. The molecule has 0 saturated heterocycles. The first-order valence-corrected chi connectivity index (χ1v) is 6.61. The van der Waals surface area contributed by atoms with Gasteiger partial charge < -0.3 is 4.57 Å². The number of nitrogens with zero attached hydrogens (tertiary/aromatic N) is 4. The van der Waals surface area contributed by atoms with Crippen LogP contribution in [0.4, 0.5) is 0 Å². The van der Waals surface area contributed by atoms with Gasteiger partial charge in [0.1, 0.15) is 11.5 Å². The molecule has 3 heterocycles. The molecule has 0 spiro atoms. The Hall–Kier alpha value is -2.62. The van der Waals surface area contributed by atoms with E-state index in [0.29, 0.717) is 0 Å². The van der Waals surface area contributed by atoms with Crippen molar-refractivity contribution in [2.45, 2.75) is 6.92 Å². The molecule has 0 aliphatic rings. The Balaban J connectivity index is 2.07. The Morgan fingerprint density at radius 2 is 1.70 bits per heavy atom. The molecule has 0 atom stereocenters. The van der Waals surface area contributed by atoms with Crippen molar-refractivity contribution >= 4 is 16.9 Å². The smallest absolute Gasteiger partial charge is 0.184 e. The summed E-state index contributed by atoms with van der Waals surface area (Å²) in [5, 5.41) is 0. The van der Waals surface area contributed by atoms with Gasteiger partial charge in [-0.3, -0.25) is 4.40 Å². The minimum Gasteiger partial charge on any atom is -0.310 e. The van der Waals surface area contributed by atoms with Crippen LogP contribution in [0, 0.1) is 6.92 Å². The number of hydrogen-bond donors (Lipinski definition) is 0. The van der Waals surface area contributed by atoms with Crippen molar-refractivity contribution < 1.29 is 0 Å². The summed E-state index contributed by atoms with van der Waals surface area (Å²) in [6.45, 7) is 2.10. The molecular formula is C16H14N4. The minimum absolute atomic E-state index is 0.904. The van der Waals surface area contributed by atoms with Crippen molar-refractivity contribution in [3.8, 4) is 11.4 Å². The van der Waals surface area contributed by atoms with Gasteiger partial charge in [0.25, 0.3) is 0 Å². The van der Waals surface area contributed by atoms with E-state index in [1.54, 1.807) is 0 Å². The van der Waals surface area contributed by atoms with Gasteiger partial charge in [-0.2, -0.15) is 0 Å². The minimum atomic E-state index is 0.904. The van der Waals surface area contributed by atoms with Gasteiger partial charge in [0, 0.05) is 18.8 Å². The molecule has 0 N–H and O–H groups in total. The third-order valence-electron chi connectivity index (χ3n) is 3.72. The van der Waals surface area contributed by atoms with Crippen LogP contribution in [0.1, 0.15) is 5.56 Å². The van der Waals surface area contributed by atoms with Crippen molar-refractivity contribution in [2.75, 3.05) is 0 Å². The number of imidazole rings is 2. The highest BCUT2D eigenvalue weighted by Crippen LogP contribution is 2.26. The summed E-state index contributed by atoms with van der Waals surface area (Å²) < 4.78 is 4.09. The third-order valence-corrected chi connectivity index (χ3v) is 3.72.